The van der Waals surface area contributed by atoms with Crippen LogP contribution in [0.5, 0.6) is 0 Å². The Bertz CT molecular complexity index is 1100. The van der Waals surface area contributed by atoms with Crippen molar-refractivity contribution in [2.45, 2.75) is 31.1 Å². The first-order chi connectivity index (χ1) is 13.5. The highest BCUT2D eigenvalue weighted by molar-refractivity contribution is 7.89. The average Bonchev–Trinajstić information content (AvgIpc) is 3.07. The van der Waals surface area contributed by atoms with Gasteiger partial charge in [0, 0.05) is 5.56 Å². The highest BCUT2D eigenvalue weighted by atomic mass is 32.2. The van der Waals surface area contributed by atoms with Crippen molar-refractivity contribution in [3.63, 3.8) is 0 Å². The summed E-state index contributed by atoms with van der Waals surface area (Å²) in [5.41, 5.74) is 0.907. The number of alkyl halides is 3. The second kappa shape index (κ2) is 7.62. The molecule has 1 unspecified atom stereocenters. The largest absolute Gasteiger partial charge is 0.435 e. The lowest BCUT2D eigenvalue weighted by molar-refractivity contribution is -0.141. The normalized spacial score (nSPS) is 13.4. The van der Waals surface area contributed by atoms with E-state index in [0.717, 1.165) is 16.3 Å². The number of nitrogens with zero attached hydrogens (tertiary/aromatic N) is 2. The lowest BCUT2D eigenvalue weighted by atomic mass is 10.1. The van der Waals surface area contributed by atoms with Gasteiger partial charge in [0.1, 0.15) is 6.23 Å². The third kappa shape index (κ3) is 4.66. The summed E-state index contributed by atoms with van der Waals surface area (Å²) < 4.78 is 67.0. The molecule has 29 heavy (non-hydrogen) atoms. The molecule has 0 amide bonds. The van der Waals surface area contributed by atoms with Crippen molar-refractivity contribution in [2.75, 3.05) is 0 Å². The second-order valence-corrected chi connectivity index (χ2v) is 8.20. The Kier molecular flexibility index (Phi) is 5.52. The number of aliphatic hydroxyl groups is 1. The molecule has 0 radical (unpaired) electrons. The fourth-order valence-corrected chi connectivity index (χ4v) is 3.79. The minimum absolute atomic E-state index is 0.137. The molecule has 0 saturated carbocycles. The van der Waals surface area contributed by atoms with Crippen LogP contribution in [0, 0.1) is 6.92 Å². The first-order valence-corrected chi connectivity index (χ1v) is 10.0. The number of aromatic nitrogens is 2. The molecule has 1 atom stereocenters. The van der Waals surface area contributed by atoms with E-state index in [1.165, 1.54) is 31.2 Å². The number of sulfonamides is 1. The van der Waals surface area contributed by atoms with E-state index >= 15 is 0 Å². The van der Waals surface area contributed by atoms with Crippen molar-refractivity contribution in [1.82, 2.24) is 14.5 Å². The Morgan fingerprint density at radius 2 is 1.66 bits per heavy atom. The van der Waals surface area contributed by atoms with Crippen LogP contribution < -0.4 is 4.72 Å². The van der Waals surface area contributed by atoms with E-state index in [-0.39, 0.29) is 16.3 Å². The van der Waals surface area contributed by atoms with Crippen LogP contribution in [0.1, 0.15) is 18.2 Å². The molecule has 1 heterocycles. The number of hydrogen-bond acceptors (Lipinski definition) is 4. The first-order valence-electron chi connectivity index (χ1n) is 8.52. The van der Waals surface area contributed by atoms with Gasteiger partial charge in [-0.2, -0.15) is 23.0 Å². The minimum Gasteiger partial charge on any atom is -0.378 e. The van der Waals surface area contributed by atoms with Crippen molar-refractivity contribution >= 4 is 10.0 Å². The molecule has 0 spiro atoms. The van der Waals surface area contributed by atoms with Crippen LogP contribution in [0.15, 0.2) is 59.5 Å². The Morgan fingerprint density at radius 3 is 2.17 bits per heavy atom. The molecule has 2 N–H and O–H groups in total. The maximum Gasteiger partial charge on any atom is 0.435 e. The summed E-state index contributed by atoms with van der Waals surface area (Å²) >= 11 is 0. The predicted molar refractivity (Wildman–Crippen MR) is 101 cm³/mol. The molecular weight excluding hydrogens is 407 g/mol. The van der Waals surface area contributed by atoms with Crippen molar-refractivity contribution in [3.05, 3.63) is 65.9 Å². The third-order valence-corrected chi connectivity index (χ3v) is 5.61. The number of hydrogen-bond donors (Lipinski definition) is 2. The fourth-order valence-electron chi connectivity index (χ4n) is 2.71. The number of aryl methyl sites for hydroxylation is 1. The van der Waals surface area contributed by atoms with Crippen molar-refractivity contribution < 1.29 is 26.7 Å². The lowest BCUT2D eigenvalue weighted by Crippen LogP contribution is -2.32. The van der Waals surface area contributed by atoms with E-state index in [9.17, 15) is 26.7 Å². The molecule has 3 rings (SSSR count). The highest BCUT2D eigenvalue weighted by Gasteiger charge is 2.35. The first kappa shape index (κ1) is 21.0. The molecule has 2 aromatic carbocycles. The second-order valence-electron chi connectivity index (χ2n) is 6.48. The van der Waals surface area contributed by atoms with Gasteiger partial charge in [-0.05, 0) is 44.2 Å². The number of benzene rings is 2. The van der Waals surface area contributed by atoms with Crippen LogP contribution in [0.3, 0.4) is 0 Å². The maximum atomic E-state index is 13.2. The summed E-state index contributed by atoms with van der Waals surface area (Å²) in [6.45, 7) is 3.12. The van der Waals surface area contributed by atoms with Gasteiger partial charge in [-0.15, -0.1) is 0 Å². The molecule has 0 saturated heterocycles. The van der Waals surface area contributed by atoms with Crippen LogP contribution in [0.25, 0.3) is 16.9 Å². The molecule has 0 fully saturated rings. The van der Waals surface area contributed by atoms with Crippen LogP contribution >= 0.6 is 0 Å². The minimum atomic E-state index is -4.63. The Balaban J connectivity index is 2.08. The van der Waals surface area contributed by atoms with Gasteiger partial charge in [0.25, 0.3) is 0 Å². The van der Waals surface area contributed by atoms with E-state index in [1.807, 2.05) is 11.6 Å². The van der Waals surface area contributed by atoms with Gasteiger partial charge < -0.3 is 5.11 Å². The summed E-state index contributed by atoms with van der Waals surface area (Å²) in [6, 6.07) is 13.0. The summed E-state index contributed by atoms with van der Waals surface area (Å²) in [6.07, 6.45) is -5.91. The summed E-state index contributed by atoms with van der Waals surface area (Å²) in [4.78, 5) is -0.137. The van der Waals surface area contributed by atoms with Gasteiger partial charge in [0.2, 0.25) is 10.0 Å². The fraction of sp³-hybridized carbons (Fsp3) is 0.211. The summed E-state index contributed by atoms with van der Waals surface area (Å²) in [7, 11) is -3.95. The zero-order chi connectivity index (χ0) is 21.4. The Labute approximate surface area is 165 Å². The molecule has 0 bridgehead atoms. The molecule has 10 heteroatoms. The van der Waals surface area contributed by atoms with Gasteiger partial charge in [0.05, 0.1) is 16.3 Å². The predicted octanol–water partition coefficient (Wildman–Crippen LogP) is 3.48. The van der Waals surface area contributed by atoms with Gasteiger partial charge in [0.15, 0.2) is 5.69 Å². The quantitative estimate of drug-likeness (QED) is 0.613. The third-order valence-electron chi connectivity index (χ3n) is 4.06. The summed E-state index contributed by atoms with van der Waals surface area (Å²) in [5, 5.41) is 12.9. The molecule has 1 aromatic heterocycles. The summed E-state index contributed by atoms with van der Waals surface area (Å²) in [5.74, 6) is 0. The Morgan fingerprint density at radius 1 is 1.07 bits per heavy atom. The zero-order valence-corrected chi connectivity index (χ0v) is 16.3. The van der Waals surface area contributed by atoms with Crippen LogP contribution in [-0.2, 0) is 16.2 Å². The average molecular weight is 425 g/mol. The van der Waals surface area contributed by atoms with E-state index in [0.29, 0.717) is 5.56 Å². The van der Waals surface area contributed by atoms with E-state index in [1.54, 1.807) is 24.3 Å². The molecule has 0 aliphatic rings. The van der Waals surface area contributed by atoms with Crippen molar-refractivity contribution in [2.24, 2.45) is 0 Å². The number of rotatable bonds is 5. The van der Waals surface area contributed by atoms with Gasteiger partial charge in [-0.3, -0.25) is 0 Å². The lowest BCUT2D eigenvalue weighted by Gasteiger charge is -2.11. The maximum absolute atomic E-state index is 13.2. The SMILES string of the molecule is Cc1ccc(-c2cc(C(F)(F)F)nn2-c2ccc(S(=O)(=O)NC(C)O)cc2)cc1. The van der Waals surface area contributed by atoms with Gasteiger partial charge in [-0.25, -0.2) is 13.1 Å². The Hall–Kier alpha value is -2.69. The van der Waals surface area contributed by atoms with Crippen LogP contribution in [-0.4, -0.2) is 29.5 Å². The van der Waals surface area contributed by atoms with E-state index in [4.69, 9.17) is 0 Å². The molecular formula is C19H18F3N3O3S. The monoisotopic (exact) mass is 425 g/mol. The zero-order valence-electron chi connectivity index (χ0n) is 15.5. The number of nitrogens with one attached hydrogen (secondary N) is 1. The molecule has 154 valence electrons. The number of aliphatic hydroxyl groups excluding tert-OH is 1. The molecule has 6 nitrogen and oxygen atoms in total. The van der Waals surface area contributed by atoms with Gasteiger partial charge >= 0.3 is 6.18 Å². The van der Waals surface area contributed by atoms with Gasteiger partial charge in [-0.1, -0.05) is 29.8 Å². The number of halogens is 3. The molecule has 3 aromatic rings. The topological polar surface area (TPSA) is 84.2 Å². The van der Waals surface area contributed by atoms with E-state index in [2.05, 4.69) is 5.10 Å². The van der Waals surface area contributed by atoms with Crippen molar-refractivity contribution in [1.29, 1.82) is 0 Å². The standard InChI is InChI=1S/C19H18F3N3O3S/c1-12-3-5-14(6-4-12)17-11-18(19(20,21)22)23-25(17)15-7-9-16(10-8-15)29(27,28)24-13(2)26/h3-11,13,24,26H,1-2H3. The van der Waals surface area contributed by atoms with Crippen LogP contribution in [0.2, 0.25) is 0 Å². The van der Waals surface area contributed by atoms with Crippen LogP contribution in [0.4, 0.5) is 13.2 Å². The molecule has 0 aliphatic carbocycles. The smallest absolute Gasteiger partial charge is 0.378 e. The molecule has 0 aliphatic heterocycles. The van der Waals surface area contributed by atoms with E-state index < -0.39 is 28.1 Å². The highest BCUT2D eigenvalue weighted by Crippen LogP contribution is 2.33. The van der Waals surface area contributed by atoms with Crippen molar-refractivity contribution in [3.8, 4) is 16.9 Å².